The topological polar surface area (TPSA) is 35.8 Å². The van der Waals surface area contributed by atoms with E-state index in [0.29, 0.717) is 5.56 Å². The van der Waals surface area contributed by atoms with Gasteiger partial charge < -0.3 is 5.32 Å². The van der Waals surface area contributed by atoms with Crippen LogP contribution in [0.3, 0.4) is 0 Å². The van der Waals surface area contributed by atoms with Gasteiger partial charge in [0.15, 0.2) is 0 Å². The first-order valence-corrected chi connectivity index (χ1v) is 5.93. The molecule has 2 unspecified atom stereocenters. The maximum absolute atomic E-state index is 8.72. The van der Waals surface area contributed by atoms with Crippen LogP contribution in [0.1, 0.15) is 18.9 Å². The minimum absolute atomic E-state index is 0.687. The van der Waals surface area contributed by atoms with E-state index in [1.807, 2.05) is 18.2 Å². The largest absolute Gasteiger partial charge is 0.384 e. The Balaban J connectivity index is 1.99. The molecule has 1 aliphatic rings. The lowest BCUT2D eigenvalue weighted by Gasteiger charge is -2.07. The van der Waals surface area contributed by atoms with Crippen molar-refractivity contribution in [1.82, 2.24) is 0 Å². The summed E-state index contributed by atoms with van der Waals surface area (Å²) in [5.74, 6) is 1.70. The molecule has 1 N–H and O–H groups in total. The van der Waals surface area contributed by atoms with Crippen molar-refractivity contribution in [2.24, 2.45) is 11.8 Å². The first-order valence-electron chi connectivity index (χ1n) is 5.14. The van der Waals surface area contributed by atoms with Gasteiger partial charge in [0.2, 0.25) is 0 Å². The lowest BCUT2D eigenvalue weighted by molar-refractivity contribution is 0.787. The fourth-order valence-corrected chi connectivity index (χ4v) is 2.17. The molecule has 1 aromatic carbocycles. The Bertz CT molecular complexity index is 409. The van der Waals surface area contributed by atoms with Gasteiger partial charge in [-0.2, -0.15) is 5.26 Å². The number of anilines is 1. The SMILES string of the molecule is CC1CC1CNc1ccc(C#N)cc1Br. The van der Waals surface area contributed by atoms with Crippen LogP contribution < -0.4 is 5.32 Å². The third-order valence-corrected chi connectivity index (χ3v) is 3.59. The number of nitrogens with one attached hydrogen (secondary N) is 1. The first-order chi connectivity index (χ1) is 7.20. The number of halogens is 1. The average Bonchev–Trinajstić information content (AvgIpc) is 2.93. The zero-order valence-electron chi connectivity index (χ0n) is 8.63. The highest BCUT2D eigenvalue weighted by molar-refractivity contribution is 9.10. The molecule has 0 bridgehead atoms. The highest BCUT2D eigenvalue weighted by atomic mass is 79.9. The highest BCUT2D eigenvalue weighted by Crippen LogP contribution is 2.38. The lowest BCUT2D eigenvalue weighted by Crippen LogP contribution is -2.04. The summed E-state index contributed by atoms with van der Waals surface area (Å²) in [6.07, 6.45) is 1.33. The van der Waals surface area contributed by atoms with E-state index >= 15 is 0 Å². The van der Waals surface area contributed by atoms with Gasteiger partial charge >= 0.3 is 0 Å². The summed E-state index contributed by atoms with van der Waals surface area (Å²) < 4.78 is 0.967. The summed E-state index contributed by atoms with van der Waals surface area (Å²) in [5.41, 5.74) is 1.76. The summed E-state index contributed by atoms with van der Waals surface area (Å²) >= 11 is 3.46. The van der Waals surface area contributed by atoms with Gasteiger partial charge in [0.05, 0.1) is 11.6 Å². The van der Waals surface area contributed by atoms with E-state index in [-0.39, 0.29) is 0 Å². The van der Waals surface area contributed by atoms with Crippen molar-refractivity contribution in [2.45, 2.75) is 13.3 Å². The van der Waals surface area contributed by atoms with Gasteiger partial charge in [0, 0.05) is 16.7 Å². The van der Waals surface area contributed by atoms with Crippen LogP contribution in [0.2, 0.25) is 0 Å². The molecule has 0 spiro atoms. The number of nitrogens with zero attached hydrogens (tertiary/aromatic N) is 1. The monoisotopic (exact) mass is 264 g/mol. The summed E-state index contributed by atoms with van der Waals surface area (Å²) in [5, 5.41) is 12.1. The molecule has 1 fully saturated rings. The molecule has 0 aliphatic heterocycles. The molecule has 0 radical (unpaired) electrons. The molecule has 2 nitrogen and oxygen atoms in total. The standard InChI is InChI=1S/C12H13BrN2/c1-8-4-10(8)7-15-12-3-2-9(6-14)5-11(12)13/h2-3,5,8,10,15H,4,7H2,1H3. The van der Waals surface area contributed by atoms with Crippen molar-refractivity contribution in [3.05, 3.63) is 28.2 Å². The molecule has 1 saturated carbocycles. The van der Waals surface area contributed by atoms with Crippen molar-refractivity contribution in [3.8, 4) is 6.07 Å². The van der Waals surface area contributed by atoms with E-state index in [1.165, 1.54) is 6.42 Å². The fraction of sp³-hybridized carbons (Fsp3) is 0.417. The highest BCUT2D eigenvalue weighted by Gasteiger charge is 2.31. The van der Waals surface area contributed by atoms with E-state index in [4.69, 9.17) is 5.26 Å². The second kappa shape index (κ2) is 4.24. The third-order valence-electron chi connectivity index (χ3n) is 2.93. The molecule has 0 amide bonds. The van der Waals surface area contributed by atoms with E-state index in [1.54, 1.807) is 0 Å². The van der Waals surface area contributed by atoms with E-state index in [9.17, 15) is 0 Å². The Morgan fingerprint density at radius 3 is 2.87 bits per heavy atom. The molecule has 2 rings (SSSR count). The molecular weight excluding hydrogens is 252 g/mol. The van der Waals surface area contributed by atoms with Crippen molar-refractivity contribution in [3.63, 3.8) is 0 Å². The van der Waals surface area contributed by atoms with Crippen LogP contribution in [-0.4, -0.2) is 6.54 Å². The summed E-state index contributed by atoms with van der Waals surface area (Å²) in [6.45, 7) is 3.31. The second-order valence-corrected chi connectivity index (χ2v) is 5.01. The van der Waals surface area contributed by atoms with Crippen LogP contribution in [0.25, 0.3) is 0 Å². The van der Waals surface area contributed by atoms with Crippen molar-refractivity contribution in [1.29, 1.82) is 5.26 Å². The second-order valence-electron chi connectivity index (χ2n) is 4.16. The van der Waals surface area contributed by atoms with Crippen molar-refractivity contribution < 1.29 is 0 Å². The molecule has 1 aliphatic carbocycles. The quantitative estimate of drug-likeness (QED) is 0.909. The van der Waals surface area contributed by atoms with Crippen LogP contribution in [0.5, 0.6) is 0 Å². The van der Waals surface area contributed by atoms with Crippen LogP contribution >= 0.6 is 15.9 Å². The molecule has 15 heavy (non-hydrogen) atoms. The summed E-state index contributed by atoms with van der Waals surface area (Å²) in [6, 6.07) is 7.76. The van der Waals surface area contributed by atoms with E-state index < -0.39 is 0 Å². The van der Waals surface area contributed by atoms with E-state index in [0.717, 1.165) is 28.5 Å². The van der Waals surface area contributed by atoms with E-state index in [2.05, 4.69) is 34.2 Å². The van der Waals surface area contributed by atoms with Gasteiger partial charge in [0.25, 0.3) is 0 Å². The molecular formula is C12H13BrN2. The molecule has 0 heterocycles. The molecule has 2 atom stereocenters. The molecule has 1 aromatic rings. The minimum atomic E-state index is 0.687. The van der Waals surface area contributed by atoms with Crippen LogP contribution in [0, 0.1) is 23.2 Å². The normalized spacial score (nSPS) is 23.3. The number of benzene rings is 1. The van der Waals surface area contributed by atoms with Crippen LogP contribution in [-0.2, 0) is 0 Å². The zero-order chi connectivity index (χ0) is 10.8. The molecule has 3 heteroatoms. The van der Waals surface area contributed by atoms with Gasteiger partial charge in [-0.1, -0.05) is 6.92 Å². The zero-order valence-corrected chi connectivity index (χ0v) is 10.2. The summed E-state index contributed by atoms with van der Waals surface area (Å²) in [4.78, 5) is 0. The lowest BCUT2D eigenvalue weighted by atomic mass is 10.2. The van der Waals surface area contributed by atoms with Gasteiger partial charge in [-0.05, 0) is 52.4 Å². The first kappa shape index (κ1) is 10.5. The van der Waals surface area contributed by atoms with Crippen LogP contribution in [0.15, 0.2) is 22.7 Å². The smallest absolute Gasteiger partial charge is 0.0992 e. The van der Waals surface area contributed by atoms with Gasteiger partial charge in [-0.15, -0.1) is 0 Å². The van der Waals surface area contributed by atoms with Gasteiger partial charge in [-0.25, -0.2) is 0 Å². The maximum atomic E-state index is 8.72. The van der Waals surface area contributed by atoms with Gasteiger partial charge in [-0.3, -0.25) is 0 Å². The average molecular weight is 265 g/mol. The molecule has 0 saturated heterocycles. The molecule has 0 aromatic heterocycles. The Hall–Kier alpha value is -1.01. The number of hydrogen-bond acceptors (Lipinski definition) is 2. The number of nitriles is 1. The summed E-state index contributed by atoms with van der Waals surface area (Å²) in [7, 11) is 0. The number of rotatable bonds is 3. The van der Waals surface area contributed by atoms with Crippen LogP contribution in [0.4, 0.5) is 5.69 Å². The fourth-order valence-electron chi connectivity index (χ4n) is 1.65. The Morgan fingerprint density at radius 1 is 1.60 bits per heavy atom. The Kier molecular flexibility index (Phi) is 2.97. The van der Waals surface area contributed by atoms with Crippen molar-refractivity contribution in [2.75, 3.05) is 11.9 Å². The predicted octanol–water partition coefficient (Wildman–Crippen LogP) is 3.39. The third kappa shape index (κ3) is 2.51. The van der Waals surface area contributed by atoms with Gasteiger partial charge in [0.1, 0.15) is 0 Å². The van der Waals surface area contributed by atoms with Crippen molar-refractivity contribution >= 4 is 21.6 Å². The predicted molar refractivity (Wildman–Crippen MR) is 64.6 cm³/mol. The Labute approximate surface area is 98.4 Å². The molecule has 78 valence electrons. The Morgan fingerprint density at radius 2 is 2.33 bits per heavy atom. The maximum Gasteiger partial charge on any atom is 0.0992 e. The number of hydrogen-bond donors (Lipinski definition) is 1. The minimum Gasteiger partial charge on any atom is -0.384 e.